The Bertz CT molecular complexity index is 957. The molecule has 1 unspecified atom stereocenters. The molecule has 0 N–H and O–H groups in total. The third-order valence-electron chi connectivity index (χ3n) is 5.14. The summed E-state index contributed by atoms with van der Waals surface area (Å²) in [6, 6.07) is 13.1. The summed E-state index contributed by atoms with van der Waals surface area (Å²) in [7, 11) is 0. The van der Waals surface area contributed by atoms with Crippen LogP contribution in [-0.2, 0) is 0 Å². The minimum absolute atomic E-state index is 0.000936. The van der Waals surface area contributed by atoms with Crippen LogP contribution in [-0.4, -0.2) is 45.1 Å². The fourth-order valence-electron chi connectivity index (χ4n) is 3.72. The Kier molecular flexibility index (Phi) is 5.84. The van der Waals surface area contributed by atoms with E-state index in [0.717, 1.165) is 32.2 Å². The molecule has 1 aliphatic rings. The highest BCUT2D eigenvalue weighted by Crippen LogP contribution is 2.27. The summed E-state index contributed by atoms with van der Waals surface area (Å²) in [5.41, 5.74) is 1.26. The molecule has 1 saturated heterocycles. The standard InChI is InChI=1S/C22H24N4O3/c1-16-24-21(29-25-16)18-9-2-3-10-19(18)22(27)26-14-7-5-8-17(26)12-15-28-20-11-4-6-13-23-20/h2-4,6,9-11,13,17H,5,7-8,12,14-15H2,1H3. The number of hydrogen-bond donors (Lipinski definition) is 0. The van der Waals surface area contributed by atoms with E-state index in [9.17, 15) is 4.79 Å². The zero-order chi connectivity index (χ0) is 20.1. The van der Waals surface area contributed by atoms with E-state index >= 15 is 0 Å². The van der Waals surface area contributed by atoms with Gasteiger partial charge in [-0.2, -0.15) is 4.98 Å². The average molecular weight is 392 g/mol. The highest BCUT2D eigenvalue weighted by Gasteiger charge is 2.29. The molecule has 3 aromatic rings. The molecule has 1 aliphatic heterocycles. The van der Waals surface area contributed by atoms with Gasteiger partial charge in [-0.1, -0.05) is 23.4 Å². The summed E-state index contributed by atoms with van der Waals surface area (Å²) in [6.45, 7) is 3.03. The monoisotopic (exact) mass is 392 g/mol. The molecule has 4 rings (SSSR count). The van der Waals surface area contributed by atoms with Crippen LogP contribution in [0, 0.1) is 6.92 Å². The Balaban J connectivity index is 1.49. The first-order valence-electron chi connectivity index (χ1n) is 9.97. The molecule has 0 bridgehead atoms. The lowest BCUT2D eigenvalue weighted by Crippen LogP contribution is -2.44. The van der Waals surface area contributed by atoms with Gasteiger partial charge in [-0.25, -0.2) is 4.98 Å². The molecule has 3 heterocycles. The number of ether oxygens (including phenoxy) is 1. The maximum absolute atomic E-state index is 13.4. The molecule has 0 radical (unpaired) electrons. The molecule has 1 atom stereocenters. The van der Waals surface area contributed by atoms with Gasteiger partial charge in [-0.05, 0) is 44.4 Å². The van der Waals surface area contributed by atoms with Gasteiger partial charge in [0, 0.05) is 31.3 Å². The Morgan fingerprint density at radius 3 is 2.86 bits per heavy atom. The molecule has 0 spiro atoms. The van der Waals surface area contributed by atoms with Crippen LogP contribution >= 0.6 is 0 Å². The number of benzene rings is 1. The van der Waals surface area contributed by atoms with Crippen molar-refractivity contribution in [3.05, 3.63) is 60.0 Å². The van der Waals surface area contributed by atoms with E-state index in [0.29, 0.717) is 35.3 Å². The van der Waals surface area contributed by atoms with E-state index in [1.54, 1.807) is 13.1 Å². The number of piperidine rings is 1. The summed E-state index contributed by atoms with van der Waals surface area (Å²) >= 11 is 0. The highest BCUT2D eigenvalue weighted by molar-refractivity contribution is 6.00. The third kappa shape index (κ3) is 4.45. The SMILES string of the molecule is Cc1noc(-c2ccccc2C(=O)N2CCCCC2CCOc2ccccn2)n1. The largest absolute Gasteiger partial charge is 0.478 e. The Labute approximate surface area is 169 Å². The Morgan fingerprint density at radius 1 is 1.21 bits per heavy atom. The number of carbonyl (C=O) groups excluding carboxylic acids is 1. The number of aromatic nitrogens is 3. The van der Waals surface area contributed by atoms with Crippen molar-refractivity contribution in [3.8, 4) is 17.3 Å². The number of carbonyl (C=O) groups is 1. The van der Waals surface area contributed by atoms with Gasteiger partial charge in [0.25, 0.3) is 11.8 Å². The van der Waals surface area contributed by atoms with Gasteiger partial charge in [0.2, 0.25) is 5.88 Å². The molecular weight excluding hydrogens is 368 g/mol. The second-order valence-corrected chi connectivity index (χ2v) is 7.15. The molecule has 7 heteroatoms. The van der Waals surface area contributed by atoms with Gasteiger partial charge in [0.1, 0.15) is 0 Å². The quantitative estimate of drug-likeness (QED) is 0.633. The number of likely N-dealkylation sites (tertiary alicyclic amines) is 1. The zero-order valence-corrected chi connectivity index (χ0v) is 16.5. The molecule has 1 amide bonds. The third-order valence-corrected chi connectivity index (χ3v) is 5.14. The smallest absolute Gasteiger partial charge is 0.258 e. The summed E-state index contributed by atoms with van der Waals surface area (Å²) in [5.74, 6) is 1.53. The number of hydrogen-bond acceptors (Lipinski definition) is 6. The molecule has 29 heavy (non-hydrogen) atoms. The Hall–Kier alpha value is -3.22. The van der Waals surface area contributed by atoms with Gasteiger partial charge < -0.3 is 14.2 Å². The maximum Gasteiger partial charge on any atom is 0.258 e. The first-order chi connectivity index (χ1) is 14.2. The van der Waals surface area contributed by atoms with Crippen molar-refractivity contribution >= 4 is 5.91 Å². The van der Waals surface area contributed by atoms with Crippen LogP contribution in [0.15, 0.2) is 53.2 Å². The highest BCUT2D eigenvalue weighted by atomic mass is 16.5. The van der Waals surface area contributed by atoms with Crippen molar-refractivity contribution < 1.29 is 14.1 Å². The molecule has 7 nitrogen and oxygen atoms in total. The maximum atomic E-state index is 13.4. The summed E-state index contributed by atoms with van der Waals surface area (Å²) < 4.78 is 11.1. The van der Waals surface area contributed by atoms with E-state index in [1.165, 1.54) is 0 Å². The van der Waals surface area contributed by atoms with Crippen LogP contribution in [0.4, 0.5) is 0 Å². The van der Waals surface area contributed by atoms with Crippen LogP contribution < -0.4 is 4.74 Å². The number of rotatable bonds is 6. The van der Waals surface area contributed by atoms with Gasteiger partial charge >= 0.3 is 0 Å². The number of amides is 1. The Morgan fingerprint density at radius 2 is 2.07 bits per heavy atom. The van der Waals surface area contributed by atoms with Gasteiger partial charge in [-0.15, -0.1) is 0 Å². The molecule has 150 valence electrons. The van der Waals surface area contributed by atoms with Crippen LogP contribution in [0.2, 0.25) is 0 Å². The number of nitrogens with zero attached hydrogens (tertiary/aromatic N) is 4. The molecular formula is C22H24N4O3. The second-order valence-electron chi connectivity index (χ2n) is 7.15. The van der Waals surface area contributed by atoms with E-state index < -0.39 is 0 Å². The second kappa shape index (κ2) is 8.86. The number of aryl methyl sites for hydroxylation is 1. The minimum Gasteiger partial charge on any atom is -0.478 e. The van der Waals surface area contributed by atoms with E-state index in [4.69, 9.17) is 9.26 Å². The topological polar surface area (TPSA) is 81.4 Å². The first-order valence-corrected chi connectivity index (χ1v) is 9.97. The number of pyridine rings is 1. The lowest BCUT2D eigenvalue weighted by atomic mass is 9.97. The van der Waals surface area contributed by atoms with Gasteiger partial charge in [0.05, 0.1) is 17.7 Å². The van der Waals surface area contributed by atoms with Crippen molar-refractivity contribution in [3.63, 3.8) is 0 Å². The fourth-order valence-corrected chi connectivity index (χ4v) is 3.72. The van der Waals surface area contributed by atoms with Crippen LogP contribution in [0.3, 0.4) is 0 Å². The lowest BCUT2D eigenvalue weighted by molar-refractivity contribution is 0.0580. The van der Waals surface area contributed by atoms with E-state index in [1.807, 2.05) is 47.4 Å². The normalized spacial score (nSPS) is 16.6. The van der Waals surface area contributed by atoms with Crippen molar-refractivity contribution in [2.75, 3.05) is 13.2 Å². The average Bonchev–Trinajstić information content (AvgIpc) is 3.20. The van der Waals surface area contributed by atoms with Crippen LogP contribution in [0.25, 0.3) is 11.5 Å². The first kappa shape index (κ1) is 19.1. The lowest BCUT2D eigenvalue weighted by Gasteiger charge is -2.36. The van der Waals surface area contributed by atoms with Crippen LogP contribution in [0.5, 0.6) is 5.88 Å². The van der Waals surface area contributed by atoms with Crippen molar-refractivity contribution in [1.29, 1.82) is 0 Å². The minimum atomic E-state index is -0.000936. The van der Waals surface area contributed by atoms with Gasteiger partial charge in [-0.3, -0.25) is 4.79 Å². The summed E-state index contributed by atoms with van der Waals surface area (Å²) in [6.07, 6.45) is 5.57. The molecule has 0 aliphatic carbocycles. The molecule has 0 saturated carbocycles. The molecule has 2 aromatic heterocycles. The zero-order valence-electron chi connectivity index (χ0n) is 16.5. The van der Waals surface area contributed by atoms with Gasteiger partial charge in [0.15, 0.2) is 5.82 Å². The predicted molar refractivity (Wildman–Crippen MR) is 107 cm³/mol. The fraction of sp³-hybridized carbons (Fsp3) is 0.364. The summed E-state index contributed by atoms with van der Waals surface area (Å²) in [5, 5.41) is 3.86. The molecule has 1 aromatic carbocycles. The van der Waals surface area contributed by atoms with Crippen molar-refractivity contribution in [1.82, 2.24) is 20.0 Å². The van der Waals surface area contributed by atoms with E-state index in [-0.39, 0.29) is 11.9 Å². The molecule has 1 fully saturated rings. The van der Waals surface area contributed by atoms with Crippen molar-refractivity contribution in [2.24, 2.45) is 0 Å². The summed E-state index contributed by atoms with van der Waals surface area (Å²) in [4.78, 5) is 23.9. The van der Waals surface area contributed by atoms with Crippen molar-refractivity contribution in [2.45, 2.75) is 38.6 Å². The van der Waals surface area contributed by atoms with Crippen LogP contribution in [0.1, 0.15) is 41.9 Å². The predicted octanol–water partition coefficient (Wildman–Crippen LogP) is 3.90. The van der Waals surface area contributed by atoms with E-state index in [2.05, 4.69) is 15.1 Å².